The summed E-state index contributed by atoms with van der Waals surface area (Å²) in [5.41, 5.74) is 1.21. The number of phenolic OH excluding ortho intramolecular Hbond substituents is 1. The lowest BCUT2D eigenvalue weighted by molar-refractivity contribution is 0.0703. The zero-order valence-electron chi connectivity index (χ0n) is 13.1. The SMILES string of the molecule is O=C(c1cnn2c1OCC2)N1CCCC(c2cc(O)cc(F)c2)C1. The lowest BCUT2D eigenvalue weighted by Gasteiger charge is -2.33. The zero-order chi connectivity index (χ0) is 16.7. The number of carbonyl (C=O) groups is 1. The van der Waals surface area contributed by atoms with Gasteiger partial charge in [-0.15, -0.1) is 0 Å². The third-order valence-corrected chi connectivity index (χ3v) is 4.65. The molecule has 6 nitrogen and oxygen atoms in total. The van der Waals surface area contributed by atoms with E-state index < -0.39 is 5.82 Å². The Morgan fingerprint density at radius 1 is 1.33 bits per heavy atom. The van der Waals surface area contributed by atoms with Crippen LogP contribution in [0.5, 0.6) is 11.6 Å². The molecule has 3 heterocycles. The average molecular weight is 331 g/mol. The van der Waals surface area contributed by atoms with Crippen molar-refractivity contribution in [2.75, 3.05) is 19.7 Å². The van der Waals surface area contributed by atoms with Crippen molar-refractivity contribution in [3.63, 3.8) is 0 Å². The smallest absolute Gasteiger partial charge is 0.261 e. The molecular formula is C17H18FN3O3. The van der Waals surface area contributed by atoms with E-state index >= 15 is 0 Å². The van der Waals surface area contributed by atoms with Crippen LogP contribution in [0, 0.1) is 5.82 Å². The van der Waals surface area contributed by atoms with Crippen LogP contribution in [0.25, 0.3) is 0 Å². The largest absolute Gasteiger partial charge is 0.508 e. The van der Waals surface area contributed by atoms with Crippen molar-refractivity contribution in [3.8, 4) is 11.6 Å². The zero-order valence-corrected chi connectivity index (χ0v) is 13.1. The minimum Gasteiger partial charge on any atom is -0.508 e. The minimum absolute atomic E-state index is 0.00819. The van der Waals surface area contributed by atoms with Crippen LogP contribution < -0.4 is 4.74 Å². The maximum absolute atomic E-state index is 13.5. The van der Waals surface area contributed by atoms with Crippen molar-refractivity contribution < 1.29 is 19.0 Å². The van der Waals surface area contributed by atoms with Gasteiger partial charge >= 0.3 is 0 Å². The maximum Gasteiger partial charge on any atom is 0.261 e. The maximum atomic E-state index is 13.5. The van der Waals surface area contributed by atoms with Crippen LogP contribution in [0.4, 0.5) is 4.39 Å². The number of nitrogens with zero attached hydrogens (tertiary/aromatic N) is 3. The van der Waals surface area contributed by atoms with E-state index in [9.17, 15) is 14.3 Å². The first-order valence-electron chi connectivity index (χ1n) is 8.09. The second-order valence-electron chi connectivity index (χ2n) is 6.27. The van der Waals surface area contributed by atoms with E-state index in [1.54, 1.807) is 21.8 Å². The van der Waals surface area contributed by atoms with Gasteiger partial charge in [-0.05, 0) is 30.5 Å². The van der Waals surface area contributed by atoms with Gasteiger partial charge in [0.25, 0.3) is 5.91 Å². The van der Waals surface area contributed by atoms with Crippen molar-refractivity contribution in [1.82, 2.24) is 14.7 Å². The molecule has 2 aromatic rings. The van der Waals surface area contributed by atoms with Gasteiger partial charge in [-0.1, -0.05) is 0 Å². The summed E-state index contributed by atoms with van der Waals surface area (Å²) < 4.78 is 20.7. The van der Waals surface area contributed by atoms with Gasteiger partial charge in [0, 0.05) is 25.1 Å². The van der Waals surface area contributed by atoms with Crippen LogP contribution >= 0.6 is 0 Å². The van der Waals surface area contributed by atoms with Crippen molar-refractivity contribution in [2.45, 2.75) is 25.3 Å². The van der Waals surface area contributed by atoms with Crippen LogP contribution in [0.3, 0.4) is 0 Å². The molecule has 1 fully saturated rings. The molecule has 2 aliphatic rings. The van der Waals surface area contributed by atoms with E-state index in [0.29, 0.717) is 37.7 Å². The molecule has 7 heteroatoms. The molecule has 2 aliphatic heterocycles. The summed E-state index contributed by atoms with van der Waals surface area (Å²) in [5, 5.41) is 13.8. The fourth-order valence-corrected chi connectivity index (χ4v) is 3.50. The number of amides is 1. The predicted octanol–water partition coefficient (Wildman–Crippen LogP) is 2.14. The molecule has 1 aromatic carbocycles. The molecule has 0 bridgehead atoms. The van der Waals surface area contributed by atoms with E-state index in [1.807, 2.05) is 0 Å². The third-order valence-electron chi connectivity index (χ3n) is 4.65. The van der Waals surface area contributed by atoms with Gasteiger partial charge < -0.3 is 14.7 Å². The van der Waals surface area contributed by atoms with E-state index in [0.717, 1.165) is 24.5 Å². The van der Waals surface area contributed by atoms with Crippen molar-refractivity contribution >= 4 is 5.91 Å². The number of aromatic hydroxyl groups is 1. The van der Waals surface area contributed by atoms with Gasteiger partial charge in [-0.3, -0.25) is 4.79 Å². The van der Waals surface area contributed by atoms with Gasteiger partial charge in [-0.2, -0.15) is 5.10 Å². The van der Waals surface area contributed by atoms with Crippen molar-refractivity contribution in [1.29, 1.82) is 0 Å². The molecule has 0 radical (unpaired) electrons. The Hall–Kier alpha value is -2.57. The topological polar surface area (TPSA) is 67.6 Å². The number of fused-ring (bicyclic) bond motifs is 1. The second kappa shape index (κ2) is 5.81. The van der Waals surface area contributed by atoms with Gasteiger partial charge in [0.2, 0.25) is 5.88 Å². The Labute approximate surface area is 138 Å². The molecule has 1 unspecified atom stereocenters. The number of benzene rings is 1. The first-order chi connectivity index (χ1) is 11.6. The molecule has 126 valence electrons. The summed E-state index contributed by atoms with van der Waals surface area (Å²) >= 11 is 0. The van der Waals surface area contributed by atoms with Crippen LogP contribution in [-0.4, -0.2) is 45.4 Å². The number of piperidine rings is 1. The Bertz CT molecular complexity index is 769. The normalized spacial score (nSPS) is 19.9. The Morgan fingerprint density at radius 3 is 3.04 bits per heavy atom. The summed E-state index contributed by atoms with van der Waals surface area (Å²) in [7, 11) is 0. The molecule has 1 aromatic heterocycles. The summed E-state index contributed by atoms with van der Waals surface area (Å²) in [6.07, 6.45) is 3.24. The summed E-state index contributed by atoms with van der Waals surface area (Å²) in [5.74, 6) is -0.115. The quantitative estimate of drug-likeness (QED) is 0.915. The van der Waals surface area contributed by atoms with Gasteiger partial charge in [0.1, 0.15) is 23.7 Å². The monoisotopic (exact) mass is 331 g/mol. The number of ether oxygens (including phenoxy) is 1. The Morgan fingerprint density at radius 2 is 2.21 bits per heavy atom. The van der Waals surface area contributed by atoms with Crippen molar-refractivity contribution in [2.24, 2.45) is 0 Å². The molecule has 24 heavy (non-hydrogen) atoms. The van der Waals surface area contributed by atoms with E-state index in [1.165, 1.54) is 6.07 Å². The molecule has 1 N–H and O–H groups in total. The number of halogens is 1. The van der Waals surface area contributed by atoms with Crippen molar-refractivity contribution in [3.05, 3.63) is 41.3 Å². The molecule has 1 atom stereocenters. The molecule has 0 saturated carbocycles. The second-order valence-corrected chi connectivity index (χ2v) is 6.27. The van der Waals surface area contributed by atoms with E-state index in [4.69, 9.17) is 4.74 Å². The number of likely N-dealkylation sites (tertiary alicyclic amines) is 1. The highest BCUT2D eigenvalue weighted by Gasteiger charge is 2.30. The average Bonchev–Trinajstić information content (AvgIpc) is 3.16. The number of phenols is 1. The van der Waals surface area contributed by atoms with Crippen LogP contribution in [0.1, 0.15) is 34.7 Å². The van der Waals surface area contributed by atoms with Gasteiger partial charge in [0.05, 0.1) is 12.7 Å². The highest BCUT2D eigenvalue weighted by Crippen LogP contribution is 2.32. The minimum atomic E-state index is -0.462. The highest BCUT2D eigenvalue weighted by atomic mass is 19.1. The summed E-state index contributed by atoms with van der Waals surface area (Å²) in [4.78, 5) is 14.6. The molecule has 0 spiro atoms. The Kier molecular flexibility index (Phi) is 3.63. The molecule has 4 rings (SSSR count). The summed E-state index contributed by atoms with van der Waals surface area (Å²) in [6.45, 7) is 2.34. The third kappa shape index (κ3) is 2.60. The summed E-state index contributed by atoms with van der Waals surface area (Å²) in [6, 6.07) is 4.09. The van der Waals surface area contributed by atoms with Crippen LogP contribution in [0.2, 0.25) is 0 Å². The lowest BCUT2D eigenvalue weighted by Crippen LogP contribution is -2.39. The number of rotatable bonds is 2. The number of hydrogen-bond donors (Lipinski definition) is 1. The van der Waals surface area contributed by atoms with E-state index in [-0.39, 0.29) is 17.6 Å². The molecule has 1 saturated heterocycles. The molecule has 0 aliphatic carbocycles. The predicted molar refractivity (Wildman–Crippen MR) is 83.7 cm³/mol. The fourth-order valence-electron chi connectivity index (χ4n) is 3.50. The standard InChI is InChI=1S/C17H18FN3O3/c18-13-6-12(7-14(22)8-13)11-2-1-3-20(10-11)16(23)15-9-19-21-4-5-24-17(15)21/h6-9,11,22H,1-5,10H2. The van der Waals surface area contributed by atoms with Crippen LogP contribution in [0.15, 0.2) is 24.4 Å². The molecule has 1 amide bonds. The fraction of sp³-hybridized carbons (Fsp3) is 0.412. The first-order valence-corrected chi connectivity index (χ1v) is 8.09. The van der Waals surface area contributed by atoms with Gasteiger partial charge in [-0.25, -0.2) is 9.07 Å². The molecular weight excluding hydrogens is 313 g/mol. The van der Waals surface area contributed by atoms with Crippen LogP contribution in [-0.2, 0) is 6.54 Å². The Balaban J connectivity index is 1.55. The number of hydrogen-bond acceptors (Lipinski definition) is 4. The first kappa shape index (κ1) is 15.0. The van der Waals surface area contributed by atoms with E-state index in [2.05, 4.69) is 5.10 Å². The lowest BCUT2D eigenvalue weighted by atomic mass is 9.90. The number of carbonyl (C=O) groups excluding carboxylic acids is 1. The van der Waals surface area contributed by atoms with Gasteiger partial charge in [0.15, 0.2) is 0 Å². The number of aromatic nitrogens is 2. The highest BCUT2D eigenvalue weighted by molar-refractivity contribution is 5.96.